The Morgan fingerprint density at radius 1 is 1.00 bits per heavy atom. The van der Waals surface area contributed by atoms with Gasteiger partial charge in [0.25, 0.3) is 15.6 Å². The zero-order chi connectivity index (χ0) is 18.9. The van der Waals surface area contributed by atoms with Crippen LogP contribution in [0.1, 0.15) is 11.1 Å². The van der Waals surface area contributed by atoms with Gasteiger partial charge in [-0.3, -0.25) is 9.52 Å². The number of hydrogen-bond acceptors (Lipinski definition) is 4. The Morgan fingerprint density at radius 3 is 2.42 bits per heavy atom. The van der Waals surface area contributed by atoms with Gasteiger partial charge in [-0.15, -0.1) is 0 Å². The lowest BCUT2D eigenvalue weighted by Crippen LogP contribution is -2.15. The van der Waals surface area contributed by atoms with Crippen LogP contribution in [0.25, 0.3) is 11.3 Å². The molecule has 26 heavy (non-hydrogen) atoms. The van der Waals surface area contributed by atoms with Crippen molar-refractivity contribution >= 4 is 15.7 Å². The van der Waals surface area contributed by atoms with Gasteiger partial charge in [-0.05, 0) is 55.3 Å². The molecule has 0 aliphatic rings. The van der Waals surface area contributed by atoms with Crippen LogP contribution in [0.15, 0.2) is 58.2 Å². The highest BCUT2D eigenvalue weighted by Crippen LogP contribution is 2.26. The molecule has 1 heterocycles. The van der Waals surface area contributed by atoms with E-state index in [1.165, 1.54) is 36.4 Å². The molecule has 6 nitrogen and oxygen atoms in total. The number of anilines is 1. The number of sulfonamides is 1. The molecule has 0 saturated heterocycles. The maximum Gasteiger partial charge on any atom is 0.264 e. The van der Waals surface area contributed by atoms with Crippen molar-refractivity contribution in [2.75, 3.05) is 4.72 Å². The Bertz CT molecular complexity index is 1120. The lowest BCUT2D eigenvalue weighted by Gasteiger charge is -2.13. The Labute approximate surface area is 149 Å². The topological polar surface area (TPSA) is 91.9 Å². The average Bonchev–Trinajstić information content (AvgIpc) is 2.58. The van der Waals surface area contributed by atoms with Crippen molar-refractivity contribution in [3.63, 3.8) is 0 Å². The number of benzene rings is 2. The maximum atomic E-state index is 13.2. The molecule has 0 saturated carbocycles. The summed E-state index contributed by atoms with van der Waals surface area (Å²) >= 11 is 0. The van der Waals surface area contributed by atoms with Crippen molar-refractivity contribution in [2.24, 2.45) is 0 Å². The van der Waals surface area contributed by atoms with E-state index in [9.17, 15) is 17.6 Å². The lowest BCUT2D eigenvalue weighted by molar-refractivity contribution is 0.600. The van der Waals surface area contributed by atoms with E-state index >= 15 is 0 Å². The van der Waals surface area contributed by atoms with Crippen LogP contribution in [-0.2, 0) is 10.0 Å². The molecule has 0 unspecified atom stereocenters. The molecule has 2 N–H and O–H groups in total. The average molecular weight is 373 g/mol. The van der Waals surface area contributed by atoms with Gasteiger partial charge in [-0.25, -0.2) is 17.9 Å². The number of aryl methyl sites for hydroxylation is 2. The van der Waals surface area contributed by atoms with E-state index in [4.69, 9.17) is 0 Å². The predicted molar refractivity (Wildman–Crippen MR) is 97.0 cm³/mol. The van der Waals surface area contributed by atoms with E-state index in [1.807, 2.05) is 0 Å². The van der Waals surface area contributed by atoms with E-state index in [-0.39, 0.29) is 10.5 Å². The SMILES string of the molecule is Cc1cc(F)ccc1NS(=O)(=O)c1cc(-c2ccc(=O)[nH]n2)ccc1C. The van der Waals surface area contributed by atoms with Crippen LogP contribution in [0.4, 0.5) is 10.1 Å². The molecular weight excluding hydrogens is 357 g/mol. The summed E-state index contributed by atoms with van der Waals surface area (Å²) < 4.78 is 41.3. The first-order valence-corrected chi connectivity index (χ1v) is 9.20. The highest BCUT2D eigenvalue weighted by molar-refractivity contribution is 7.92. The fourth-order valence-electron chi connectivity index (χ4n) is 2.50. The van der Waals surface area contributed by atoms with Crippen molar-refractivity contribution in [1.29, 1.82) is 0 Å². The third-order valence-corrected chi connectivity index (χ3v) is 5.39. The first-order chi connectivity index (χ1) is 12.3. The summed E-state index contributed by atoms with van der Waals surface area (Å²) in [5, 5.41) is 6.23. The van der Waals surface area contributed by atoms with Crippen LogP contribution in [0.3, 0.4) is 0 Å². The van der Waals surface area contributed by atoms with Crippen LogP contribution in [0.5, 0.6) is 0 Å². The predicted octanol–water partition coefficient (Wildman–Crippen LogP) is 2.99. The molecule has 0 atom stereocenters. The second-order valence-electron chi connectivity index (χ2n) is 5.85. The summed E-state index contributed by atoms with van der Waals surface area (Å²) in [5.41, 5.74) is 1.97. The van der Waals surface area contributed by atoms with Gasteiger partial charge in [0.15, 0.2) is 0 Å². The van der Waals surface area contributed by atoms with Gasteiger partial charge >= 0.3 is 0 Å². The number of H-pyrrole nitrogens is 1. The third kappa shape index (κ3) is 3.65. The van der Waals surface area contributed by atoms with Gasteiger partial charge in [0, 0.05) is 11.6 Å². The maximum absolute atomic E-state index is 13.2. The molecule has 0 aliphatic carbocycles. The van der Waals surface area contributed by atoms with E-state index in [0.29, 0.717) is 28.1 Å². The second-order valence-corrected chi connectivity index (χ2v) is 7.50. The van der Waals surface area contributed by atoms with E-state index in [1.54, 1.807) is 26.0 Å². The summed E-state index contributed by atoms with van der Waals surface area (Å²) in [6.45, 7) is 3.30. The number of halogens is 1. The molecule has 0 amide bonds. The molecule has 0 fully saturated rings. The third-order valence-electron chi connectivity index (χ3n) is 3.89. The molecule has 3 aromatic rings. The van der Waals surface area contributed by atoms with Gasteiger partial charge in [0.1, 0.15) is 5.82 Å². The molecule has 1 aromatic heterocycles. The van der Waals surface area contributed by atoms with Gasteiger partial charge in [-0.2, -0.15) is 5.10 Å². The standard InChI is InChI=1S/C18H16FN3O3S/c1-11-3-4-13(16-7-8-18(23)21-20-16)10-17(11)26(24,25)22-15-6-5-14(19)9-12(15)2/h3-10,22H,1-2H3,(H,21,23). The number of aromatic nitrogens is 2. The molecule has 3 rings (SSSR count). The number of rotatable bonds is 4. The summed E-state index contributed by atoms with van der Waals surface area (Å²) in [5.74, 6) is -0.437. The van der Waals surface area contributed by atoms with Crippen LogP contribution in [-0.4, -0.2) is 18.6 Å². The molecule has 0 aliphatic heterocycles. The van der Waals surface area contributed by atoms with Crippen molar-refractivity contribution in [2.45, 2.75) is 18.7 Å². The zero-order valence-electron chi connectivity index (χ0n) is 14.1. The summed E-state index contributed by atoms with van der Waals surface area (Å²) in [6, 6.07) is 11.5. The summed E-state index contributed by atoms with van der Waals surface area (Å²) in [6.07, 6.45) is 0. The molecule has 0 spiro atoms. The zero-order valence-corrected chi connectivity index (χ0v) is 14.9. The van der Waals surface area contributed by atoms with Crippen LogP contribution >= 0.6 is 0 Å². The number of aromatic amines is 1. The van der Waals surface area contributed by atoms with E-state index < -0.39 is 15.8 Å². The monoisotopic (exact) mass is 373 g/mol. The molecule has 0 bridgehead atoms. The highest BCUT2D eigenvalue weighted by Gasteiger charge is 2.19. The highest BCUT2D eigenvalue weighted by atomic mass is 32.2. The Morgan fingerprint density at radius 2 is 1.77 bits per heavy atom. The van der Waals surface area contributed by atoms with Crippen LogP contribution < -0.4 is 10.3 Å². The fraction of sp³-hybridized carbons (Fsp3) is 0.111. The Hall–Kier alpha value is -3.00. The summed E-state index contributed by atoms with van der Waals surface area (Å²) in [7, 11) is -3.89. The van der Waals surface area contributed by atoms with Crippen molar-refractivity contribution in [3.8, 4) is 11.3 Å². The quantitative estimate of drug-likeness (QED) is 0.735. The van der Waals surface area contributed by atoms with Gasteiger partial charge in [-0.1, -0.05) is 12.1 Å². The fourth-order valence-corrected chi connectivity index (χ4v) is 3.90. The van der Waals surface area contributed by atoms with Gasteiger partial charge < -0.3 is 0 Å². The Balaban J connectivity index is 2.02. The van der Waals surface area contributed by atoms with Gasteiger partial charge in [0.2, 0.25) is 0 Å². The smallest absolute Gasteiger partial charge is 0.264 e. The molecular formula is C18H16FN3O3S. The minimum atomic E-state index is -3.89. The molecule has 134 valence electrons. The lowest BCUT2D eigenvalue weighted by atomic mass is 10.1. The summed E-state index contributed by atoms with van der Waals surface area (Å²) in [4.78, 5) is 11.2. The normalized spacial score (nSPS) is 11.3. The molecule has 8 heteroatoms. The largest absolute Gasteiger partial charge is 0.279 e. The van der Waals surface area contributed by atoms with Crippen molar-refractivity contribution < 1.29 is 12.8 Å². The van der Waals surface area contributed by atoms with Crippen molar-refractivity contribution in [1.82, 2.24) is 10.2 Å². The minimum Gasteiger partial charge on any atom is -0.279 e. The molecule has 0 radical (unpaired) electrons. The number of nitrogens with zero attached hydrogens (tertiary/aromatic N) is 1. The van der Waals surface area contributed by atoms with Crippen LogP contribution in [0.2, 0.25) is 0 Å². The van der Waals surface area contributed by atoms with E-state index in [0.717, 1.165) is 0 Å². The number of hydrogen-bond donors (Lipinski definition) is 2. The Kier molecular flexibility index (Phi) is 4.60. The molecule has 2 aromatic carbocycles. The first-order valence-electron chi connectivity index (χ1n) is 7.72. The van der Waals surface area contributed by atoms with E-state index in [2.05, 4.69) is 14.9 Å². The second kappa shape index (κ2) is 6.72. The van der Waals surface area contributed by atoms with Crippen LogP contribution in [0, 0.1) is 19.7 Å². The van der Waals surface area contributed by atoms with Crippen molar-refractivity contribution in [3.05, 3.63) is 75.8 Å². The minimum absolute atomic E-state index is 0.0757. The first kappa shape index (κ1) is 17.8. The number of nitrogens with one attached hydrogen (secondary N) is 2. The van der Waals surface area contributed by atoms with Gasteiger partial charge in [0.05, 0.1) is 16.3 Å².